The lowest BCUT2D eigenvalue weighted by molar-refractivity contribution is 0.102. The van der Waals surface area contributed by atoms with Crippen molar-refractivity contribution in [3.63, 3.8) is 0 Å². The van der Waals surface area contributed by atoms with Crippen LogP contribution in [0.15, 0.2) is 41.3 Å². The van der Waals surface area contributed by atoms with Crippen molar-refractivity contribution < 1.29 is 22.7 Å². The van der Waals surface area contributed by atoms with Crippen molar-refractivity contribution in [3.05, 3.63) is 42.0 Å². The molecule has 10 heteroatoms. The standard InChI is InChI=1S/C23H27N3O5S2/c1-14(2)11-26(12-15(3)4)33(28,29)17-7-5-16(6-8-17)22(27)25-23-24-18-9-19-20(31-13-30-19)10-21(18)32-23/h5-10,14-15H,11-13H2,1-4H3,(H,24,25,27). The molecule has 0 saturated heterocycles. The van der Waals surface area contributed by atoms with Gasteiger partial charge in [0, 0.05) is 30.8 Å². The first kappa shape index (κ1) is 23.5. The van der Waals surface area contributed by atoms with Crippen LogP contribution in [-0.4, -0.2) is 43.5 Å². The van der Waals surface area contributed by atoms with E-state index in [1.807, 2.05) is 33.8 Å². The number of nitrogens with zero attached hydrogens (tertiary/aromatic N) is 2. The molecule has 1 aliphatic heterocycles. The summed E-state index contributed by atoms with van der Waals surface area (Å²) < 4.78 is 39.4. The number of thiazole rings is 1. The van der Waals surface area contributed by atoms with Crippen LogP contribution in [0.2, 0.25) is 0 Å². The second-order valence-corrected chi connectivity index (χ2v) is 11.7. The summed E-state index contributed by atoms with van der Waals surface area (Å²) in [7, 11) is -3.65. The Kier molecular flexibility index (Phi) is 6.60. The molecule has 2 aromatic carbocycles. The Bertz CT molecular complexity index is 1220. The molecular formula is C23H27N3O5S2. The largest absolute Gasteiger partial charge is 0.454 e. The number of amides is 1. The van der Waals surface area contributed by atoms with Gasteiger partial charge < -0.3 is 9.47 Å². The number of fused-ring (bicyclic) bond motifs is 2. The Labute approximate surface area is 197 Å². The van der Waals surface area contributed by atoms with Crippen molar-refractivity contribution >= 4 is 42.6 Å². The van der Waals surface area contributed by atoms with Crippen LogP contribution in [0.1, 0.15) is 38.1 Å². The number of anilines is 1. The summed E-state index contributed by atoms with van der Waals surface area (Å²) in [4.78, 5) is 17.3. The minimum absolute atomic E-state index is 0.176. The lowest BCUT2D eigenvalue weighted by Crippen LogP contribution is -2.37. The second kappa shape index (κ2) is 9.28. The number of hydrogen-bond acceptors (Lipinski definition) is 7. The fourth-order valence-electron chi connectivity index (χ4n) is 3.55. The van der Waals surface area contributed by atoms with Crippen LogP contribution in [-0.2, 0) is 10.0 Å². The van der Waals surface area contributed by atoms with E-state index in [1.54, 1.807) is 6.07 Å². The number of carbonyl (C=O) groups is 1. The first-order chi connectivity index (χ1) is 15.6. The van der Waals surface area contributed by atoms with E-state index in [2.05, 4.69) is 10.3 Å². The maximum absolute atomic E-state index is 13.2. The van der Waals surface area contributed by atoms with Crippen LogP contribution in [0.4, 0.5) is 5.13 Å². The van der Waals surface area contributed by atoms with Gasteiger partial charge in [0.1, 0.15) is 0 Å². The van der Waals surface area contributed by atoms with Gasteiger partial charge in [0.25, 0.3) is 5.91 Å². The van der Waals surface area contributed by atoms with E-state index in [-0.39, 0.29) is 29.4 Å². The fraction of sp³-hybridized carbons (Fsp3) is 0.391. The Balaban J connectivity index is 1.50. The smallest absolute Gasteiger partial charge is 0.257 e. The molecule has 33 heavy (non-hydrogen) atoms. The van der Waals surface area contributed by atoms with Crippen LogP contribution in [0, 0.1) is 11.8 Å². The van der Waals surface area contributed by atoms with Crippen LogP contribution in [0.25, 0.3) is 10.2 Å². The molecule has 1 aliphatic rings. The number of ether oxygens (including phenoxy) is 2. The van der Waals surface area contributed by atoms with Crippen molar-refractivity contribution in [3.8, 4) is 11.5 Å². The Morgan fingerprint density at radius 2 is 1.67 bits per heavy atom. The van der Waals surface area contributed by atoms with Gasteiger partial charge in [-0.25, -0.2) is 13.4 Å². The molecule has 2 heterocycles. The highest BCUT2D eigenvalue weighted by atomic mass is 32.2. The van der Waals surface area contributed by atoms with E-state index in [1.165, 1.54) is 39.9 Å². The number of sulfonamides is 1. The normalized spacial score (nSPS) is 13.4. The minimum Gasteiger partial charge on any atom is -0.454 e. The van der Waals surface area contributed by atoms with Crippen LogP contribution >= 0.6 is 11.3 Å². The van der Waals surface area contributed by atoms with Gasteiger partial charge in [0.2, 0.25) is 16.8 Å². The predicted octanol–water partition coefficient (Wildman–Crippen LogP) is 4.58. The molecule has 0 saturated carbocycles. The molecule has 4 rings (SSSR count). The molecule has 8 nitrogen and oxygen atoms in total. The van der Waals surface area contributed by atoms with Gasteiger partial charge in [-0.15, -0.1) is 0 Å². The van der Waals surface area contributed by atoms with Gasteiger partial charge in [0.05, 0.1) is 15.1 Å². The summed E-state index contributed by atoms with van der Waals surface area (Å²) in [5.41, 5.74) is 1.05. The SMILES string of the molecule is CC(C)CN(CC(C)C)S(=O)(=O)c1ccc(C(=O)Nc2nc3cc4c(cc3s2)OCO4)cc1. The average molecular weight is 490 g/mol. The molecule has 0 aliphatic carbocycles. The highest BCUT2D eigenvalue weighted by Gasteiger charge is 2.26. The molecule has 3 aromatic rings. The zero-order valence-electron chi connectivity index (χ0n) is 19.0. The number of benzene rings is 2. The van der Waals surface area contributed by atoms with Crippen LogP contribution in [0.3, 0.4) is 0 Å². The van der Waals surface area contributed by atoms with E-state index in [0.717, 1.165) is 4.70 Å². The highest BCUT2D eigenvalue weighted by molar-refractivity contribution is 7.89. The second-order valence-electron chi connectivity index (χ2n) is 8.78. The van der Waals surface area contributed by atoms with Gasteiger partial charge >= 0.3 is 0 Å². The number of aromatic nitrogens is 1. The van der Waals surface area contributed by atoms with E-state index < -0.39 is 10.0 Å². The summed E-state index contributed by atoms with van der Waals surface area (Å²) >= 11 is 1.33. The van der Waals surface area contributed by atoms with Crippen molar-refractivity contribution in [1.29, 1.82) is 0 Å². The average Bonchev–Trinajstić information content (AvgIpc) is 3.36. The quantitative estimate of drug-likeness (QED) is 0.497. The number of carbonyl (C=O) groups excluding carboxylic acids is 1. The number of nitrogens with one attached hydrogen (secondary N) is 1. The van der Waals surface area contributed by atoms with E-state index in [9.17, 15) is 13.2 Å². The van der Waals surface area contributed by atoms with Gasteiger partial charge in [0.15, 0.2) is 16.6 Å². The maximum Gasteiger partial charge on any atom is 0.257 e. The van der Waals surface area contributed by atoms with Crippen LogP contribution in [0.5, 0.6) is 11.5 Å². The van der Waals surface area contributed by atoms with Gasteiger partial charge in [-0.1, -0.05) is 39.0 Å². The first-order valence-electron chi connectivity index (χ1n) is 10.7. The van der Waals surface area contributed by atoms with Crippen molar-refractivity contribution in [2.75, 3.05) is 25.2 Å². The summed E-state index contributed by atoms with van der Waals surface area (Å²) in [6.07, 6.45) is 0. The molecule has 0 bridgehead atoms. The minimum atomic E-state index is -3.65. The molecule has 1 N–H and O–H groups in total. The third-order valence-electron chi connectivity index (χ3n) is 5.00. The Morgan fingerprint density at radius 1 is 1.06 bits per heavy atom. The van der Waals surface area contributed by atoms with Gasteiger partial charge in [-0.05, 0) is 36.1 Å². The maximum atomic E-state index is 13.2. The summed E-state index contributed by atoms with van der Waals surface area (Å²) in [5, 5.41) is 3.22. The molecule has 176 valence electrons. The third-order valence-corrected chi connectivity index (χ3v) is 7.77. The summed E-state index contributed by atoms with van der Waals surface area (Å²) in [6.45, 7) is 9.05. The predicted molar refractivity (Wildman–Crippen MR) is 129 cm³/mol. The Morgan fingerprint density at radius 3 is 2.27 bits per heavy atom. The molecule has 1 aromatic heterocycles. The van der Waals surface area contributed by atoms with Crippen LogP contribution < -0.4 is 14.8 Å². The van der Waals surface area contributed by atoms with Crippen molar-refractivity contribution in [1.82, 2.24) is 9.29 Å². The fourth-order valence-corrected chi connectivity index (χ4v) is 6.19. The zero-order valence-corrected chi connectivity index (χ0v) is 20.6. The molecule has 1 amide bonds. The first-order valence-corrected chi connectivity index (χ1v) is 13.0. The van der Waals surface area contributed by atoms with E-state index >= 15 is 0 Å². The van der Waals surface area contributed by atoms with Gasteiger partial charge in [-0.3, -0.25) is 10.1 Å². The number of rotatable bonds is 8. The lowest BCUT2D eigenvalue weighted by atomic mass is 10.2. The molecule has 0 unspecified atom stereocenters. The Hall–Kier alpha value is -2.69. The molecule has 0 spiro atoms. The monoisotopic (exact) mass is 489 g/mol. The van der Waals surface area contributed by atoms with E-state index in [4.69, 9.17) is 9.47 Å². The third kappa shape index (κ3) is 5.13. The topological polar surface area (TPSA) is 97.8 Å². The molecular weight excluding hydrogens is 462 g/mol. The van der Waals surface area contributed by atoms with E-state index in [0.29, 0.717) is 40.8 Å². The van der Waals surface area contributed by atoms with Crippen molar-refractivity contribution in [2.24, 2.45) is 11.8 Å². The summed E-state index contributed by atoms with van der Waals surface area (Å²) in [6, 6.07) is 9.63. The van der Waals surface area contributed by atoms with Crippen molar-refractivity contribution in [2.45, 2.75) is 32.6 Å². The highest BCUT2D eigenvalue weighted by Crippen LogP contribution is 2.39. The molecule has 0 fully saturated rings. The molecule has 0 radical (unpaired) electrons. The molecule has 0 atom stereocenters. The lowest BCUT2D eigenvalue weighted by Gasteiger charge is -2.25. The summed E-state index contributed by atoms with van der Waals surface area (Å²) in [5.74, 6) is 1.34. The van der Waals surface area contributed by atoms with Gasteiger partial charge in [-0.2, -0.15) is 4.31 Å². The zero-order chi connectivity index (χ0) is 23.8. The number of hydrogen-bond donors (Lipinski definition) is 1.